The van der Waals surface area contributed by atoms with Crippen molar-refractivity contribution in [2.24, 2.45) is 0 Å². The van der Waals surface area contributed by atoms with Crippen LogP contribution in [0, 0.1) is 0 Å². The molecule has 2 aliphatic rings. The minimum Gasteiger partial charge on any atom is -0.465 e. The zero-order chi connectivity index (χ0) is 16.8. The van der Waals surface area contributed by atoms with E-state index in [-0.39, 0.29) is 11.9 Å². The maximum absolute atomic E-state index is 12.0. The number of carbonyl (C=O) groups excluding carboxylic acids is 1. The number of hydrogen-bond acceptors (Lipinski definition) is 4. The van der Waals surface area contributed by atoms with Gasteiger partial charge in [0.2, 0.25) is 5.91 Å². The van der Waals surface area contributed by atoms with Gasteiger partial charge in [0.25, 0.3) is 0 Å². The monoisotopic (exact) mass is 332 g/mol. The molecule has 1 aromatic rings. The Morgan fingerprint density at radius 3 is 2.75 bits per heavy atom. The van der Waals surface area contributed by atoms with Gasteiger partial charge in [-0.05, 0) is 43.9 Å². The Labute approximate surface area is 143 Å². The summed E-state index contributed by atoms with van der Waals surface area (Å²) >= 11 is 0. The van der Waals surface area contributed by atoms with E-state index in [1.165, 1.54) is 12.5 Å². The lowest BCUT2D eigenvalue weighted by molar-refractivity contribution is -0.117. The highest BCUT2D eigenvalue weighted by molar-refractivity contribution is 5.91. The summed E-state index contributed by atoms with van der Waals surface area (Å²) in [6.07, 6.45) is 12.1. The predicted molar refractivity (Wildman–Crippen MR) is 93.4 cm³/mol. The summed E-state index contributed by atoms with van der Waals surface area (Å²) in [5, 5.41) is 13.7. The van der Waals surface area contributed by atoms with Crippen LogP contribution in [0.2, 0.25) is 0 Å². The smallest absolute Gasteiger partial charge is 0.244 e. The molecule has 1 aliphatic carbocycles. The van der Waals surface area contributed by atoms with Gasteiger partial charge in [-0.2, -0.15) is 0 Å². The minimum absolute atomic E-state index is 0.0734. The standard InChI is InChI=1S/C19H28N2O3/c22-18(7-6-17-5-4-14-24-17)20-16-8-12-21(13-9-16)15-19(23)10-2-1-3-11-19/h4-7,14,16,23H,1-3,8-13,15H2,(H,20,22)/b7-6+. The molecule has 24 heavy (non-hydrogen) atoms. The van der Waals surface area contributed by atoms with Crippen LogP contribution in [0.1, 0.15) is 50.7 Å². The third-order valence-corrected chi connectivity index (χ3v) is 5.18. The van der Waals surface area contributed by atoms with E-state index < -0.39 is 5.60 Å². The molecule has 0 spiro atoms. The molecule has 1 saturated carbocycles. The van der Waals surface area contributed by atoms with Crippen molar-refractivity contribution in [2.45, 2.75) is 56.6 Å². The molecule has 0 aromatic carbocycles. The van der Waals surface area contributed by atoms with Crippen LogP contribution in [0.25, 0.3) is 6.08 Å². The van der Waals surface area contributed by atoms with Crippen molar-refractivity contribution >= 4 is 12.0 Å². The Morgan fingerprint density at radius 2 is 2.08 bits per heavy atom. The number of β-amino-alcohol motifs (C(OH)–C–C–N with tert-alkyl or cyclic N) is 1. The lowest BCUT2D eigenvalue weighted by Gasteiger charge is -2.40. The first-order valence-electron chi connectivity index (χ1n) is 9.10. The number of rotatable bonds is 5. The molecular weight excluding hydrogens is 304 g/mol. The maximum atomic E-state index is 12.0. The van der Waals surface area contributed by atoms with E-state index in [0.29, 0.717) is 5.76 Å². The molecule has 1 aliphatic heterocycles. The van der Waals surface area contributed by atoms with Gasteiger partial charge in [-0.25, -0.2) is 0 Å². The first-order valence-corrected chi connectivity index (χ1v) is 9.10. The second-order valence-electron chi connectivity index (χ2n) is 7.19. The van der Waals surface area contributed by atoms with Gasteiger partial charge in [-0.1, -0.05) is 19.3 Å². The summed E-state index contributed by atoms with van der Waals surface area (Å²) in [5.74, 6) is 0.608. The second kappa shape index (κ2) is 7.99. The molecule has 5 nitrogen and oxygen atoms in total. The molecule has 0 atom stereocenters. The molecule has 0 radical (unpaired) electrons. The lowest BCUT2D eigenvalue weighted by Crippen LogP contribution is -2.50. The van der Waals surface area contributed by atoms with Crippen LogP contribution >= 0.6 is 0 Å². The Balaban J connectivity index is 1.39. The Hall–Kier alpha value is -1.59. The molecule has 0 unspecified atom stereocenters. The van der Waals surface area contributed by atoms with E-state index in [0.717, 1.165) is 58.2 Å². The number of piperidine rings is 1. The topological polar surface area (TPSA) is 65.7 Å². The number of nitrogens with one attached hydrogen (secondary N) is 1. The first kappa shape index (κ1) is 17.2. The highest BCUT2D eigenvalue weighted by atomic mass is 16.3. The summed E-state index contributed by atoms with van der Waals surface area (Å²) in [7, 11) is 0. The molecule has 2 fully saturated rings. The molecule has 1 aromatic heterocycles. The van der Waals surface area contributed by atoms with E-state index in [9.17, 15) is 9.90 Å². The number of carbonyl (C=O) groups is 1. The molecule has 1 amide bonds. The van der Waals surface area contributed by atoms with E-state index in [1.807, 2.05) is 6.07 Å². The van der Waals surface area contributed by atoms with Crippen LogP contribution in [0.15, 0.2) is 28.9 Å². The minimum atomic E-state index is -0.486. The van der Waals surface area contributed by atoms with Crippen LogP contribution in [-0.2, 0) is 4.79 Å². The third kappa shape index (κ3) is 4.95. The molecular formula is C19H28N2O3. The van der Waals surface area contributed by atoms with Gasteiger partial charge in [0.05, 0.1) is 11.9 Å². The van der Waals surface area contributed by atoms with Crippen molar-refractivity contribution in [1.29, 1.82) is 0 Å². The maximum Gasteiger partial charge on any atom is 0.244 e. The third-order valence-electron chi connectivity index (χ3n) is 5.18. The van der Waals surface area contributed by atoms with Gasteiger partial charge in [-0.15, -0.1) is 0 Å². The normalized spacial score (nSPS) is 22.7. The summed E-state index contributed by atoms with van der Waals surface area (Å²) in [5.41, 5.74) is -0.486. The fraction of sp³-hybridized carbons (Fsp3) is 0.632. The van der Waals surface area contributed by atoms with Gasteiger partial charge >= 0.3 is 0 Å². The molecule has 2 heterocycles. The highest BCUT2D eigenvalue weighted by Gasteiger charge is 2.32. The van der Waals surface area contributed by atoms with Gasteiger partial charge < -0.3 is 19.7 Å². The van der Waals surface area contributed by atoms with Crippen molar-refractivity contribution < 1.29 is 14.3 Å². The first-order chi connectivity index (χ1) is 11.6. The van der Waals surface area contributed by atoms with Gasteiger partial charge in [0.1, 0.15) is 5.76 Å². The number of amides is 1. The zero-order valence-corrected chi connectivity index (χ0v) is 14.2. The molecule has 0 bridgehead atoms. The predicted octanol–water partition coefficient (Wildman–Crippen LogP) is 2.57. The zero-order valence-electron chi connectivity index (χ0n) is 14.2. The van der Waals surface area contributed by atoms with Crippen molar-refractivity contribution in [3.8, 4) is 0 Å². The molecule has 3 rings (SSSR count). The highest BCUT2D eigenvalue weighted by Crippen LogP contribution is 2.29. The molecule has 2 N–H and O–H groups in total. The van der Waals surface area contributed by atoms with E-state index in [1.54, 1.807) is 18.4 Å². The van der Waals surface area contributed by atoms with Crippen molar-refractivity contribution in [3.63, 3.8) is 0 Å². The number of likely N-dealkylation sites (tertiary alicyclic amines) is 1. The van der Waals surface area contributed by atoms with Crippen LogP contribution < -0.4 is 5.32 Å². The average molecular weight is 332 g/mol. The Bertz CT molecular complexity index is 539. The van der Waals surface area contributed by atoms with E-state index in [4.69, 9.17) is 4.42 Å². The number of hydrogen-bond donors (Lipinski definition) is 2. The van der Waals surface area contributed by atoms with E-state index >= 15 is 0 Å². The Morgan fingerprint density at radius 1 is 1.33 bits per heavy atom. The van der Waals surface area contributed by atoms with Crippen molar-refractivity contribution in [3.05, 3.63) is 30.2 Å². The SMILES string of the molecule is O=C(/C=C/c1ccco1)NC1CCN(CC2(O)CCCCC2)CC1. The molecule has 132 valence electrons. The largest absolute Gasteiger partial charge is 0.465 e. The number of nitrogens with zero attached hydrogens (tertiary/aromatic N) is 1. The van der Waals surface area contributed by atoms with Crippen molar-refractivity contribution in [1.82, 2.24) is 10.2 Å². The van der Waals surface area contributed by atoms with Crippen LogP contribution in [0.4, 0.5) is 0 Å². The van der Waals surface area contributed by atoms with Gasteiger partial charge in [0, 0.05) is 31.8 Å². The summed E-state index contributed by atoms with van der Waals surface area (Å²) in [4.78, 5) is 14.3. The fourth-order valence-corrected chi connectivity index (χ4v) is 3.81. The lowest BCUT2D eigenvalue weighted by atomic mass is 9.84. The summed E-state index contributed by atoms with van der Waals surface area (Å²) in [6.45, 7) is 2.66. The average Bonchev–Trinajstić information content (AvgIpc) is 3.09. The van der Waals surface area contributed by atoms with Crippen LogP contribution in [0.5, 0.6) is 0 Å². The summed E-state index contributed by atoms with van der Waals surface area (Å²) in [6, 6.07) is 3.84. The van der Waals surface area contributed by atoms with E-state index in [2.05, 4.69) is 10.2 Å². The Kier molecular flexibility index (Phi) is 5.74. The second-order valence-corrected chi connectivity index (χ2v) is 7.19. The quantitative estimate of drug-likeness (QED) is 0.814. The molecule has 5 heteroatoms. The fourth-order valence-electron chi connectivity index (χ4n) is 3.81. The van der Waals surface area contributed by atoms with Crippen LogP contribution in [-0.4, -0.2) is 47.2 Å². The van der Waals surface area contributed by atoms with Crippen molar-refractivity contribution in [2.75, 3.05) is 19.6 Å². The van der Waals surface area contributed by atoms with Crippen LogP contribution in [0.3, 0.4) is 0 Å². The number of aliphatic hydroxyl groups is 1. The summed E-state index contributed by atoms with van der Waals surface area (Å²) < 4.78 is 5.17. The molecule has 1 saturated heterocycles. The van der Waals surface area contributed by atoms with Gasteiger partial charge in [0.15, 0.2) is 0 Å². The number of furan rings is 1. The van der Waals surface area contributed by atoms with Gasteiger partial charge in [-0.3, -0.25) is 4.79 Å².